The Balaban J connectivity index is 0.000000490. The van der Waals surface area contributed by atoms with E-state index < -0.39 is 0 Å². The molecule has 8 heavy (non-hydrogen) atoms. The molecule has 1 rings (SSSR count). The highest BCUT2D eigenvalue weighted by atomic mass is 35.5. The fourth-order valence-corrected chi connectivity index (χ4v) is 0.428. The molecule has 3 heteroatoms. The van der Waals surface area contributed by atoms with E-state index in [1.807, 2.05) is 6.92 Å². The van der Waals surface area contributed by atoms with Crippen molar-refractivity contribution in [3.05, 3.63) is 18.4 Å². The molecule has 0 aromatic carbocycles. The zero-order valence-electron chi connectivity index (χ0n) is 4.63. The average molecular weight is 134 g/mol. The van der Waals surface area contributed by atoms with Crippen LogP contribution in [0.4, 0.5) is 0 Å². The van der Waals surface area contributed by atoms with Gasteiger partial charge in [-0.05, 0) is 0 Å². The van der Waals surface area contributed by atoms with Gasteiger partial charge in [0.25, 0.3) is 0 Å². The zero-order valence-corrected chi connectivity index (χ0v) is 5.44. The normalized spacial score (nSPS) is 8.12. The third kappa shape index (κ3) is 1.54. The van der Waals surface area contributed by atoms with Crippen LogP contribution in [0.3, 0.4) is 0 Å². The molecule has 0 bridgehead atoms. The minimum atomic E-state index is 0. The molecule has 0 N–H and O–H groups in total. The van der Waals surface area contributed by atoms with Gasteiger partial charge in [0.1, 0.15) is 6.26 Å². The SMILES string of the molecule is CCc1ncco1.Cl. The second-order valence-electron chi connectivity index (χ2n) is 1.28. The summed E-state index contributed by atoms with van der Waals surface area (Å²) in [5, 5.41) is 0. The van der Waals surface area contributed by atoms with Gasteiger partial charge in [0.15, 0.2) is 5.89 Å². The molecular weight excluding hydrogens is 126 g/mol. The summed E-state index contributed by atoms with van der Waals surface area (Å²) < 4.78 is 4.87. The number of aromatic nitrogens is 1. The Morgan fingerprint density at radius 1 is 1.75 bits per heavy atom. The van der Waals surface area contributed by atoms with E-state index >= 15 is 0 Å². The second-order valence-corrected chi connectivity index (χ2v) is 1.28. The average Bonchev–Trinajstić information content (AvgIpc) is 2.14. The van der Waals surface area contributed by atoms with Crippen molar-refractivity contribution in [2.45, 2.75) is 13.3 Å². The first-order valence-corrected chi connectivity index (χ1v) is 2.32. The maximum atomic E-state index is 4.87. The lowest BCUT2D eigenvalue weighted by Gasteiger charge is -1.77. The largest absolute Gasteiger partial charge is 0.449 e. The minimum Gasteiger partial charge on any atom is -0.449 e. The van der Waals surface area contributed by atoms with Gasteiger partial charge in [-0.15, -0.1) is 12.4 Å². The quantitative estimate of drug-likeness (QED) is 0.583. The molecular formula is C5H8ClNO. The van der Waals surface area contributed by atoms with E-state index in [1.165, 1.54) is 0 Å². The van der Waals surface area contributed by atoms with E-state index in [-0.39, 0.29) is 12.4 Å². The highest BCUT2D eigenvalue weighted by molar-refractivity contribution is 5.85. The number of rotatable bonds is 1. The number of hydrogen-bond donors (Lipinski definition) is 0. The number of halogens is 1. The lowest BCUT2D eigenvalue weighted by molar-refractivity contribution is 0.502. The first-order chi connectivity index (χ1) is 3.43. The standard InChI is InChI=1S/C5H7NO.ClH/c1-2-5-6-3-4-7-5;/h3-4H,2H2,1H3;1H. The minimum absolute atomic E-state index is 0. The number of nitrogens with zero attached hydrogens (tertiary/aromatic N) is 1. The van der Waals surface area contributed by atoms with Crippen molar-refractivity contribution in [3.8, 4) is 0 Å². The first kappa shape index (κ1) is 7.50. The molecule has 46 valence electrons. The van der Waals surface area contributed by atoms with Crippen LogP contribution in [0.25, 0.3) is 0 Å². The smallest absolute Gasteiger partial charge is 0.193 e. The molecule has 0 unspecified atom stereocenters. The molecule has 0 saturated carbocycles. The molecule has 1 aromatic rings. The third-order valence-electron chi connectivity index (χ3n) is 0.786. The summed E-state index contributed by atoms with van der Waals surface area (Å²) in [6.45, 7) is 2.01. The lowest BCUT2D eigenvalue weighted by atomic mass is 10.5. The molecule has 0 spiro atoms. The third-order valence-corrected chi connectivity index (χ3v) is 0.786. The van der Waals surface area contributed by atoms with Crippen LogP contribution in [-0.2, 0) is 6.42 Å². The van der Waals surface area contributed by atoms with Crippen molar-refractivity contribution in [1.82, 2.24) is 4.98 Å². The summed E-state index contributed by atoms with van der Waals surface area (Å²) in [7, 11) is 0. The second kappa shape index (κ2) is 3.50. The molecule has 1 heterocycles. The Morgan fingerprint density at radius 3 is 2.75 bits per heavy atom. The van der Waals surface area contributed by atoms with Gasteiger partial charge in [0.2, 0.25) is 0 Å². The molecule has 0 radical (unpaired) electrons. The van der Waals surface area contributed by atoms with Crippen LogP contribution in [0.5, 0.6) is 0 Å². The van der Waals surface area contributed by atoms with E-state index in [4.69, 9.17) is 4.42 Å². The molecule has 0 amide bonds. The summed E-state index contributed by atoms with van der Waals surface area (Å²) in [6, 6.07) is 0. The predicted octanol–water partition coefficient (Wildman–Crippen LogP) is 1.66. The van der Waals surface area contributed by atoms with Crippen LogP contribution in [-0.4, -0.2) is 4.98 Å². The summed E-state index contributed by atoms with van der Waals surface area (Å²) in [5.74, 6) is 0.806. The van der Waals surface area contributed by atoms with Gasteiger partial charge in [-0.3, -0.25) is 0 Å². The van der Waals surface area contributed by atoms with Gasteiger partial charge in [0, 0.05) is 6.42 Å². The number of hydrogen-bond acceptors (Lipinski definition) is 2. The molecule has 2 nitrogen and oxygen atoms in total. The van der Waals surface area contributed by atoms with E-state index in [0.717, 1.165) is 12.3 Å². The van der Waals surface area contributed by atoms with Crippen molar-refractivity contribution in [3.63, 3.8) is 0 Å². The highest BCUT2D eigenvalue weighted by Gasteiger charge is 1.86. The topological polar surface area (TPSA) is 26.0 Å². The predicted molar refractivity (Wildman–Crippen MR) is 33.1 cm³/mol. The number of oxazole rings is 1. The van der Waals surface area contributed by atoms with Crippen LogP contribution in [0.2, 0.25) is 0 Å². The van der Waals surface area contributed by atoms with E-state index in [1.54, 1.807) is 12.5 Å². The van der Waals surface area contributed by atoms with Crippen molar-refractivity contribution in [2.75, 3.05) is 0 Å². The van der Waals surface area contributed by atoms with Crippen LogP contribution in [0.1, 0.15) is 12.8 Å². The van der Waals surface area contributed by atoms with Crippen LogP contribution in [0.15, 0.2) is 16.9 Å². The van der Waals surface area contributed by atoms with Crippen molar-refractivity contribution in [1.29, 1.82) is 0 Å². The van der Waals surface area contributed by atoms with Gasteiger partial charge < -0.3 is 4.42 Å². The highest BCUT2D eigenvalue weighted by Crippen LogP contribution is 1.92. The van der Waals surface area contributed by atoms with Gasteiger partial charge in [0.05, 0.1) is 6.20 Å². The van der Waals surface area contributed by atoms with E-state index in [2.05, 4.69) is 4.98 Å². The molecule has 0 saturated heterocycles. The summed E-state index contributed by atoms with van der Waals surface area (Å²) >= 11 is 0. The summed E-state index contributed by atoms with van der Waals surface area (Å²) in [5.41, 5.74) is 0. The van der Waals surface area contributed by atoms with E-state index in [0.29, 0.717) is 0 Å². The molecule has 0 atom stereocenters. The van der Waals surface area contributed by atoms with Crippen molar-refractivity contribution >= 4 is 12.4 Å². The monoisotopic (exact) mass is 133 g/mol. The molecule has 0 aliphatic carbocycles. The van der Waals surface area contributed by atoms with Crippen LogP contribution >= 0.6 is 12.4 Å². The zero-order chi connectivity index (χ0) is 5.11. The molecule has 0 fully saturated rings. The van der Waals surface area contributed by atoms with Gasteiger partial charge in [-0.2, -0.15) is 0 Å². The van der Waals surface area contributed by atoms with Crippen LogP contribution in [0, 0.1) is 0 Å². The van der Waals surface area contributed by atoms with Gasteiger partial charge in [-0.1, -0.05) is 6.92 Å². The van der Waals surface area contributed by atoms with E-state index in [9.17, 15) is 0 Å². The summed E-state index contributed by atoms with van der Waals surface area (Å²) in [4.78, 5) is 3.87. The Kier molecular flexibility index (Phi) is 3.28. The fourth-order valence-electron chi connectivity index (χ4n) is 0.428. The van der Waals surface area contributed by atoms with Crippen molar-refractivity contribution < 1.29 is 4.42 Å². The van der Waals surface area contributed by atoms with Crippen molar-refractivity contribution in [2.24, 2.45) is 0 Å². The lowest BCUT2D eigenvalue weighted by Crippen LogP contribution is -1.73. The molecule has 0 aliphatic heterocycles. The summed E-state index contributed by atoms with van der Waals surface area (Å²) in [6.07, 6.45) is 4.12. The van der Waals surface area contributed by atoms with Gasteiger partial charge >= 0.3 is 0 Å². The molecule has 1 aromatic heterocycles. The number of aryl methyl sites for hydroxylation is 1. The maximum absolute atomic E-state index is 4.87. The van der Waals surface area contributed by atoms with Gasteiger partial charge in [-0.25, -0.2) is 4.98 Å². The van der Waals surface area contributed by atoms with Crippen LogP contribution < -0.4 is 0 Å². The Labute approximate surface area is 54.3 Å². The maximum Gasteiger partial charge on any atom is 0.193 e. The fraction of sp³-hybridized carbons (Fsp3) is 0.400. The Hall–Kier alpha value is -0.500. The molecule has 0 aliphatic rings. The first-order valence-electron chi connectivity index (χ1n) is 2.32. The Bertz CT molecular complexity index is 127. The Morgan fingerprint density at radius 2 is 2.50 bits per heavy atom.